The van der Waals surface area contributed by atoms with Crippen molar-refractivity contribution in [3.63, 3.8) is 0 Å². The molecule has 0 atom stereocenters. The van der Waals surface area contributed by atoms with E-state index in [-0.39, 0.29) is 22.1 Å². The molecule has 0 saturated heterocycles. The Kier molecular flexibility index (Phi) is 4.01. The molecular formula is C13H11FN2O2S. The minimum atomic E-state index is -1.07. The zero-order valence-electron chi connectivity index (χ0n) is 10.1. The monoisotopic (exact) mass is 278 g/mol. The Labute approximate surface area is 113 Å². The summed E-state index contributed by atoms with van der Waals surface area (Å²) < 4.78 is 16.4. The van der Waals surface area contributed by atoms with Crippen LogP contribution in [-0.4, -0.2) is 16.1 Å². The number of carbonyl (C=O) groups is 1. The van der Waals surface area contributed by atoms with E-state index in [1.165, 1.54) is 18.3 Å². The molecular weight excluding hydrogens is 267 g/mol. The lowest BCUT2D eigenvalue weighted by Crippen LogP contribution is -2.02. The molecule has 1 heterocycles. The fraction of sp³-hybridized carbons (Fsp3) is 0.0769. The number of aromatic carboxylic acids is 1. The molecule has 98 valence electrons. The third kappa shape index (κ3) is 3.23. The molecule has 19 heavy (non-hydrogen) atoms. The van der Waals surface area contributed by atoms with E-state index in [1.807, 2.05) is 0 Å². The summed E-state index contributed by atoms with van der Waals surface area (Å²) in [7, 11) is 0. The average Bonchev–Trinajstić information content (AvgIpc) is 2.38. The van der Waals surface area contributed by atoms with Gasteiger partial charge in [0.2, 0.25) is 0 Å². The number of aromatic nitrogens is 1. The van der Waals surface area contributed by atoms with E-state index in [1.54, 1.807) is 25.1 Å². The molecule has 0 radical (unpaired) electrons. The van der Waals surface area contributed by atoms with Gasteiger partial charge in [-0.25, -0.2) is 14.2 Å². The van der Waals surface area contributed by atoms with Crippen LogP contribution < -0.4 is 4.72 Å². The molecule has 0 amide bonds. The summed E-state index contributed by atoms with van der Waals surface area (Å²) in [5.74, 6) is -1.46. The van der Waals surface area contributed by atoms with Crippen LogP contribution in [0, 0.1) is 12.7 Å². The number of hydrogen-bond donors (Lipinski definition) is 2. The maximum atomic E-state index is 13.6. The van der Waals surface area contributed by atoms with Gasteiger partial charge in [0.05, 0.1) is 11.3 Å². The van der Waals surface area contributed by atoms with E-state index in [4.69, 9.17) is 5.11 Å². The molecule has 1 aromatic heterocycles. The fourth-order valence-corrected chi connectivity index (χ4v) is 2.19. The largest absolute Gasteiger partial charge is 0.478 e. The Hall–Kier alpha value is -2.08. The minimum absolute atomic E-state index is 0.0764. The predicted octanol–water partition coefficient (Wildman–Crippen LogP) is 3.35. The first-order valence-corrected chi connectivity index (χ1v) is 6.27. The highest BCUT2D eigenvalue weighted by Crippen LogP contribution is 2.24. The van der Waals surface area contributed by atoms with Gasteiger partial charge in [-0.2, -0.15) is 0 Å². The molecule has 0 saturated carbocycles. The van der Waals surface area contributed by atoms with Crippen molar-refractivity contribution in [1.82, 2.24) is 4.98 Å². The number of anilines is 1. The van der Waals surface area contributed by atoms with Crippen LogP contribution in [0.25, 0.3) is 0 Å². The Morgan fingerprint density at radius 3 is 2.89 bits per heavy atom. The Morgan fingerprint density at radius 1 is 1.42 bits per heavy atom. The van der Waals surface area contributed by atoms with E-state index in [0.29, 0.717) is 0 Å². The molecule has 2 rings (SSSR count). The van der Waals surface area contributed by atoms with Gasteiger partial charge in [0.1, 0.15) is 10.8 Å². The fourth-order valence-electron chi connectivity index (χ4n) is 1.44. The number of pyridine rings is 1. The quantitative estimate of drug-likeness (QED) is 0.840. The second-order valence-electron chi connectivity index (χ2n) is 3.85. The molecule has 0 spiro atoms. The van der Waals surface area contributed by atoms with Crippen molar-refractivity contribution < 1.29 is 14.3 Å². The van der Waals surface area contributed by atoms with E-state index in [0.717, 1.165) is 17.5 Å². The normalized spacial score (nSPS) is 10.2. The van der Waals surface area contributed by atoms with Crippen LogP contribution in [0.1, 0.15) is 15.9 Å². The number of carboxylic acids is 1. The third-order valence-corrected chi connectivity index (χ3v) is 3.22. The first-order chi connectivity index (χ1) is 9.08. The van der Waals surface area contributed by atoms with Gasteiger partial charge in [0.15, 0.2) is 0 Å². The number of nitrogens with one attached hydrogen (secondary N) is 1. The summed E-state index contributed by atoms with van der Waals surface area (Å²) in [6.07, 6.45) is 1.49. The number of rotatable bonds is 4. The molecule has 1 aromatic carbocycles. The van der Waals surface area contributed by atoms with Crippen molar-refractivity contribution in [2.75, 3.05) is 4.72 Å². The van der Waals surface area contributed by atoms with Crippen molar-refractivity contribution in [3.8, 4) is 0 Å². The highest BCUT2D eigenvalue weighted by atomic mass is 32.2. The zero-order chi connectivity index (χ0) is 13.8. The van der Waals surface area contributed by atoms with Gasteiger partial charge in [-0.05, 0) is 36.8 Å². The molecule has 4 nitrogen and oxygen atoms in total. The van der Waals surface area contributed by atoms with Crippen LogP contribution >= 0.6 is 11.9 Å². The zero-order valence-corrected chi connectivity index (χ0v) is 10.9. The predicted molar refractivity (Wildman–Crippen MR) is 71.8 cm³/mol. The van der Waals surface area contributed by atoms with Gasteiger partial charge < -0.3 is 9.83 Å². The lowest BCUT2D eigenvalue weighted by molar-refractivity contribution is 0.0692. The van der Waals surface area contributed by atoms with Crippen molar-refractivity contribution >= 4 is 23.6 Å². The maximum absolute atomic E-state index is 13.6. The summed E-state index contributed by atoms with van der Waals surface area (Å²) in [6, 6.07) is 7.76. The van der Waals surface area contributed by atoms with Gasteiger partial charge in [0, 0.05) is 18.1 Å². The van der Waals surface area contributed by atoms with Crippen LogP contribution in [0.2, 0.25) is 0 Å². The number of hydrogen-bond acceptors (Lipinski definition) is 4. The molecule has 0 fully saturated rings. The van der Waals surface area contributed by atoms with Crippen LogP contribution in [0.4, 0.5) is 10.1 Å². The van der Waals surface area contributed by atoms with Crippen molar-refractivity contribution in [2.45, 2.75) is 11.9 Å². The summed E-state index contributed by atoms with van der Waals surface area (Å²) in [4.78, 5) is 14.9. The molecule has 0 bridgehead atoms. The first-order valence-electron chi connectivity index (χ1n) is 5.45. The molecule has 2 N–H and O–H groups in total. The second-order valence-corrected chi connectivity index (χ2v) is 4.64. The highest BCUT2D eigenvalue weighted by molar-refractivity contribution is 8.00. The topological polar surface area (TPSA) is 62.2 Å². The summed E-state index contributed by atoms with van der Waals surface area (Å²) in [6.45, 7) is 1.79. The SMILES string of the molecule is Cc1ccc(NSc2ncccc2C(=O)O)c(F)c1. The minimum Gasteiger partial charge on any atom is -0.478 e. The highest BCUT2D eigenvalue weighted by Gasteiger charge is 2.12. The number of halogens is 1. The van der Waals surface area contributed by atoms with Crippen LogP contribution in [0.5, 0.6) is 0 Å². The van der Waals surface area contributed by atoms with Gasteiger partial charge in [-0.3, -0.25) is 0 Å². The van der Waals surface area contributed by atoms with Crippen LogP contribution in [0.15, 0.2) is 41.6 Å². The smallest absolute Gasteiger partial charge is 0.338 e. The summed E-state index contributed by atoms with van der Waals surface area (Å²) in [5.41, 5.74) is 1.18. The number of nitrogens with zero attached hydrogens (tertiary/aromatic N) is 1. The van der Waals surface area contributed by atoms with Crippen molar-refractivity contribution in [2.24, 2.45) is 0 Å². The van der Waals surface area contributed by atoms with E-state index in [9.17, 15) is 9.18 Å². The van der Waals surface area contributed by atoms with Crippen LogP contribution in [0.3, 0.4) is 0 Å². The van der Waals surface area contributed by atoms with Crippen LogP contribution in [-0.2, 0) is 0 Å². The molecule has 6 heteroatoms. The van der Waals surface area contributed by atoms with Gasteiger partial charge in [-0.1, -0.05) is 6.07 Å². The molecule has 0 aliphatic heterocycles. The van der Waals surface area contributed by atoms with Crippen molar-refractivity contribution in [3.05, 3.63) is 53.5 Å². The van der Waals surface area contributed by atoms with Gasteiger partial charge in [-0.15, -0.1) is 0 Å². The first kappa shape index (κ1) is 13.4. The van der Waals surface area contributed by atoms with E-state index >= 15 is 0 Å². The van der Waals surface area contributed by atoms with E-state index < -0.39 is 5.97 Å². The number of benzene rings is 1. The van der Waals surface area contributed by atoms with Gasteiger partial charge in [0.25, 0.3) is 0 Å². The molecule has 0 aliphatic carbocycles. The Morgan fingerprint density at radius 2 is 2.21 bits per heavy atom. The number of aryl methyl sites for hydroxylation is 1. The Bertz CT molecular complexity index is 619. The van der Waals surface area contributed by atoms with E-state index in [2.05, 4.69) is 9.71 Å². The standard InChI is InChI=1S/C13H11FN2O2S/c1-8-4-5-11(10(14)7-8)16-19-12-9(13(17)18)3-2-6-15-12/h2-7,16H,1H3,(H,17,18). The summed E-state index contributed by atoms with van der Waals surface area (Å²) >= 11 is 0.967. The van der Waals surface area contributed by atoms with Crippen molar-refractivity contribution in [1.29, 1.82) is 0 Å². The lowest BCUT2D eigenvalue weighted by atomic mass is 10.2. The Balaban J connectivity index is 2.17. The molecule has 2 aromatic rings. The van der Waals surface area contributed by atoms with Gasteiger partial charge >= 0.3 is 5.97 Å². The lowest BCUT2D eigenvalue weighted by Gasteiger charge is -2.08. The third-order valence-electron chi connectivity index (χ3n) is 2.38. The second kappa shape index (κ2) is 5.71. The average molecular weight is 278 g/mol. The maximum Gasteiger partial charge on any atom is 0.338 e. The number of carboxylic acid groups (broad SMARTS) is 1. The molecule has 0 aliphatic rings. The summed E-state index contributed by atoms with van der Waals surface area (Å²) in [5, 5.41) is 9.29. The molecule has 0 unspecified atom stereocenters.